The van der Waals surface area contributed by atoms with Crippen molar-refractivity contribution in [2.45, 2.75) is 6.54 Å². The van der Waals surface area contributed by atoms with Gasteiger partial charge in [0.05, 0.1) is 18.3 Å². The highest BCUT2D eigenvalue weighted by molar-refractivity contribution is 5.99. The Morgan fingerprint density at radius 1 is 1.22 bits per heavy atom. The van der Waals surface area contributed by atoms with Crippen LogP contribution in [0.3, 0.4) is 0 Å². The molecule has 2 amide bonds. The van der Waals surface area contributed by atoms with Crippen molar-refractivity contribution < 1.29 is 14.0 Å². The quantitative estimate of drug-likeness (QED) is 0.741. The molecular weight excluding hydrogens is 296 g/mol. The van der Waals surface area contributed by atoms with Crippen molar-refractivity contribution >= 4 is 22.9 Å². The van der Waals surface area contributed by atoms with Crippen molar-refractivity contribution in [1.29, 1.82) is 0 Å². The van der Waals surface area contributed by atoms with Crippen LogP contribution < -0.4 is 10.6 Å². The van der Waals surface area contributed by atoms with E-state index in [0.29, 0.717) is 17.8 Å². The minimum absolute atomic E-state index is 0.0868. The maximum absolute atomic E-state index is 12.1. The summed E-state index contributed by atoms with van der Waals surface area (Å²) in [7, 11) is 1.77. The number of hydrogen-bond acceptors (Lipinski definition) is 4. The summed E-state index contributed by atoms with van der Waals surface area (Å²) in [4.78, 5) is 27.8. The highest BCUT2D eigenvalue weighted by atomic mass is 16.3. The molecule has 0 bridgehead atoms. The van der Waals surface area contributed by atoms with E-state index in [1.807, 2.05) is 12.1 Å². The Balaban J connectivity index is 1.53. The Bertz CT molecular complexity index is 836. The van der Waals surface area contributed by atoms with Crippen molar-refractivity contribution in [3.63, 3.8) is 0 Å². The molecule has 3 heterocycles. The zero-order valence-electron chi connectivity index (χ0n) is 12.6. The monoisotopic (exact) mass is 312 g/mol. The van der Waals surface area contributed by atoms with Gasteiger partial charge in [-0.1, -0.05) is 0 Å². The molecule has 0 spiro atoms. The third kappa shape index (κ3) is 3.23. The SMILES string of the molecule is Cn1c(C(=O)NCC(=O)NCc2ccncc2)cc2occc21. The molecular formula is C16H16N4O3. The molecule has 3 rings (SSSR count). The van der Waals surface area contributed by atoms with Crippen molar-refractivity contribution in [3.8, 4) is 0 Å². The maximum atomic E-state index is 12.1. The lowest BCUT2D eigenvalue weighted by Gasteiger charge is -2.07. The fraction of sp³-hybridized carbons (Fsp3) is 0.188. The van der Waals surface area contributed by atoms with Crippen molar-refractivity contribution in [3.05, 3.63) is 54.2 Å². The first kappa shape index (κ1) is 14.8. The lowest BCUT2D eigenvalue weighted by Crippen LogP contribution is -2.37. The Labute approximate surface area is 132 Å². The molecule has 118 valence electrons. The Kier molecular flexibility index (Phi) is 4.09. The molecule has 0 unspecified atom stereocenters. The Morgan fingerprint density at radius 2 is 2.00 bits per heavy atom. The molecule has 0 radical (unpaired) electrons. The number of aryl methyl sites for hydroxylation is 1. The van der Waals surface area contributed by atoms with Gasteiger partial charge in [0.15, 0.2) is 5.58 Å². The number of rotatable bonds is 5. The molecule has 0 atom stereocenters. The normalized spacial score (nSPS) is 10.7. The van der Waals surface area contributed by atoms with E-state index >= 15 is 0 Å². The van der Waals surface area contributed by atoms with Crippen molar-refractivity contribution in [2.24, 2.45) is 7.05 Å². The van der Waals surface area contributed by atoms with Crippen LogP contribution in [0.4, 0.5) is 0 Å². The molecule has 0 aliphatic heterocycles. The van der Waals surface area contributed by atoms with Crippen LogP contribution in [-0.4, -0.2) is 27.9 Å². The second-order valence-electron chi connectivity index (χ2n) is 5.07. The predicted octanol–water partition coefficient (Wildman–Crippen LogP) is 1.21. The Hall–Kier alpha value is -3.09. The van der Waals surface area contributed by atoms with E-state index in [1.54, 1.807) is 42.4 Å². The van der Waals surface area contributed by atoms with Gasteiger partial charge >= 0.3 is 0 Å². The summed E-state index contributed by atoms with van der Waals surface area (Å²) >= 11 is 0. The van der Waals surface area contributed by atoms with E-state index in [1.165, 1.54) is 0 Å². The van der Waals surface area contributed by atoms with E-state index in [2.05, 4.69) is 15.6 Å². The lowest BCUT2D eigenvalue weighted by atomic mass is 10.3. The second kappa shape index (κ2) is 6.35. The number of pyridine rings is 1. The molecule has 0 aliphatic carbocycles. The van der Waals surface area contributed by atoms with Crippen LogP contribution in [0, 0.1) is 0 Å². The average molecular weight is 312 g/mol. The number of aromatic nitrogens is 2. The standard InChI is InChI=1S/C16H16N4O3/c1-20-12-4-7-23-14(12)8-13(20)16(22)19-10-15(21)18-9-11-2-5-17-6-3-11/h2-8H,9-10H2,1H3,(H,18,21)(H,19,22). The molecule has 2 N–H and O–H groups in total. The largest absolute Gasteiger partial charge is 0.463 e. The van der Waals surface area contributed by atoms with Gasteiger partial charge in [0.25, 0.3) is 5.91 Å². The van der Waals surface area contributed by atoms with Crippen molar-refractivity contribution in [1.82, 2.24) is 20.2 Å². The van der Waals surface area contributed by atoms with Crippen molar-refractivity contribution in [2.75, 3.05) is 6.54 Å². The van der Waals surface area contributed by atoms with Gasteiger partial charge in [-0.3, -0.25) is 14.6 Å². The zero-order valence-corrected chi connectivity index (χ0v) is 12.6. The van der Waals surface area contributed by atoms with E-state index in [-0.39, 0.29) is 18.4 Å². The summed E-state index contributed by atoms with van der Waals surface area (Å²) in [5, 5.41) is 5.34. The fourth-order valence-electron chi connectivity index (χ4n) is 2.28. The predicted molar refractivity (Wildman–Crippen MR) is 83.6 cm³/mol. The summed E-state index contributed by atoms with van der Waals surface area (Å²) in [6.45, 7) is 0.310. The van der Waals surface area contributed by atoms with Gasteiger partial charge < -0.3 is 19.6 Å². The van der Waals surface area contributed by atoms with Crippen LogP contribution in [0.2, 0.25) is 0 Å². The minimum Gasteiger partial charge on any atom is -0.463 e. The minimum atomic E-state index is -0.321. The first-order valence-electron chi connectivity index (χ1n) is 7.12. The summed E-state index contributed by atoms with van der Waals surface area (Å²) in [6.07, 6.45) is 4.89. The maximum Gasteiger partial charge on any atom is 0.268 e. The molecule has 0 saturated carbocycles. The van der Waals surface area contributed by atoms with E-state index in [9.17, 15) is 9.59 Å². The number of amides is 2. The first-order chi connectivity index (χ1) is 11.1. The molecule has 0 saturated heterocycles. The van der Waals surface area contributed by atoms with Gasteiger partial charge in [0, 0.05) is 38.1 Å². The van der Waals surface area contributed by atoms with Crippen LogP contribution in [0.5, 0.6) is 0 Å². The third-order valence-electron chi connectivity index (χ3n) is 3.55. The van der Waals surface area contributed by atoms with Crippen LogP contribution in [0.15, 0.2) is 47.3 Å². The third-order valence-corrected chi connectivity index (χ3v) is 3.55. The van der Waals surface area contributed by atoms with Crippen LogP contribution >= 0.6 is 0 Å². The second-order valence-corrected chi connectivity index (χ2v) is 5.07. The topological polar surface area (TPSA) is 89.2 Å². The molecule has 0 aromatic carbocycles. The first-order valence-corrected chi connectivity index (χ1v) is 7.12. The van der Waals surface area contributed by atoms with Gasteiger partial charge in [0.1, 0.15) is 5.69 Å². The average Bonchev–Trinajstić information content (AvgIpc) is 3.15. The molecule has 0 fully saturated rings. The smallest absolute Gasteiger partial charge is 0.268 e. The van der Waals surface area contributed by atoms with E-state index < -0.39 is 0 Å². The number of carbonyl (C=O) groups is 2. The highest BCUT2D eigenvalue weighted by Crippen LogP contribution is 2.19. The molecule has 7 nitrogen and oxygen atoms in total. The summed E-state index contributed by atoms with van der Waals surface area (Å²) in [6, 6.07) is 7.07. The number of furan rings is 1. The Morgan fingerprint density at radius 3 is 2.74 bits per heavy atom. The number of nitrogens with zero attached hydrogens (tertiary/aromatic N) is 2. The van der Waals surface area contributed by atoms with Crippen LogP contribution in [0.25, 0.3) is 11.1 Å². The zero-order chi connectivity index (χ0) is 16.2. The number of nitrogens with one attached hydrogen (secondary N) is 2. The van der Waals surface area contributed by atoms with Gasteiger partial charge in [-0.25, -0.2) is 0 Å². The van der Waals surface area contributed by atoms with Gasteiger partial charge in [-0.15, -0.1) is 0 Å². The molecule has 3 aromatic heterocycles. The number of fused-ring (bicyclic) bond motifs is 1. The molecule has 3 aromatic rings. The molecule has 0 aliphatic rings. The molecule has 7 heteroatoms. The molecule has 23 heavy (non-hydrogen) atoms. The van der Waals surface area contributed by atoms with Gasteiger partial charge in [-0.2, -0.15) is 0 Å². The number of carbonyl (C=O) groups excluding carboxylic acids is 2. The van der Waals surface area contributed by atoms with Crippen LogP contribution in [-0.2, 0) is 18.4 Å². The lowest BCUT2D eigenvalue weighted by molar-refractivity contribution is -0.120. The summed E-state index contributed by atoms with van der Waals surface area (Å²) in [5.41, 5.74) is 2.86. The van der Waals surface area contributed by atoms with E-state index in [0.717, 1.165) is 11.1 Å². The van der Waals surface area contributed by atoms with Gasteiger partial charge in [0.2, 0.25) is 5.91 Å². The fourth-order valence-corrected chi connectivity index (χ4v) is 2.28. The van der Waals surface area contributed by atoms with E-state index in [4.69, 9.17) is 4.42 Å². The summed E-state index contributed by atoms with van der Waals surface area (Å²) in [5.74, 6) is -0.578. The van der Waals surface area contributed by atoms with Crippen LogP contribution in [0.1, 0.15) is 16.1 Å². The number of hydrogen-bond donors (Lipinski definition) is 2. The van der Waals surface area contributed by atoms with Gasteiger partial charge in [-0.05, 0) is 17.7 Å². The highest BCUT2D eigenvalue weighted by Gasteiger charge is 2.15. The summed E-state index contributed by atoms with van der Waals surface area (Å²) < 4.78 is 6.98.